The van der Waals surface area contributed by atoms with Gasteiger partial charge >= 0.3 is 5.97 Å². The SMILES string of the molecule is CC(CCO)CNc1nccc(C(=O)O)c1Cl. The fourth-order valence-electron chi connectivity index (χ4n) is 1.33. The summed E-state index contributed by atoms with van der Waals surface area (Å²) in [5, 5.41) is 20.7. The van der Waals surface area contributed by atoms with E-state index in [4.69, 9.17) is 21.8 Å². The molecule has 3 N–H and O–H groups in total. The summed E-state index contributed by atoms with van der Waals surface area (Å²) in [7, 11) is 0. The van der Waals surface area contributed by atoms with Crippen LogP contribution in [0.1, 0.15) is 23.7 Å². The van der Waals surface area contributed by atoms with Gasteiger partial charge in [0.1, 0.15) is 5.82 Å². The predicted octanol–water partition coefficient (Wildman–Crippen LogP) is 1.86. The van der Waals surface area contributed by atoms with Gasteiger partial charge in [-0.15, -0.1) is 0 Å². The second-order valence-corrected chi connectivity index (χ2v) is 4.20. The van der Waals surface area contributed by atoms with E-state index in [1.807, 2.05) is 6.92 Å². The van der Waals surface area contributed by atoms with Crippen molar-refractivity contribution < 1.29 is 15.0 Å². The van der Waals surface area contributed by atoms with Crippen LogP contribution in [-0.4, -0.2) is 34.3 Å². The van der Waals surface area contributed by atoms with E-state index in [0.29, 0.717) is 18.8 Å². The number of aromatic carboxylic acids is 1. The molecular formula is C11H15ClN2O3. The highest BCUT2D eigenvalue weighted by Crippen LogP contribution is 2.23. The Hall–Kier alpha value is -1.33. The number of aromatic nitrogens is 1. The number of aliphatic hydroxyl groups excluding tert-OH is 1. The lowest BCUT2D eigenvalue weighted by Gasteiger charge is -2.13. The number of carboxylic acid groups (broad SMARTS) is 1. The first-order valence-electron chi connectivity index (χ1n) is 5.28. The standard InChI is InChI=1S/C11H15ClN2O3/c1-7(3-5-15)6-14-10-9(12)8(11(16)17)2-4-13-10/h2,4,7,15H,3,5-6H2,1H3,(H,13,14)(H,16,17). The van der Waals surface area contributed by atoms with Gasteiger partial charge in [0.15, 0.2) is 0 Å². The van der Waals surface area contributed by atoms with E-state index in [2.05, 4.69) is 10.3 Å². The summed E-state index contributed by atoms with van der Waals surface area (Å²) in [4.78, 5) is 14.8. The van der Waals surface area contributed by atoms with Crippen molar-refractivity contribution in [2.24, 2.45) is 5.92 Å². The molecule has 1 aromatic rings. The summed E-state index contributed by atoms with van der Waals surface area (Å²) >= 11 is 5.91. The average molecular weight is 259 g/mol. The quantitative estimate of drug-likeness (QED) is 0.726. The van der Waals surface area contributed by atoms with Gasteiger partial charge in [-0.25, -0.2) is 9.78 Å². The van der Waals surface area contributed by atoms with Crippen molar-refractivity contribution in [1.29, 1.82) is 0 Å². The second-order valence-electron chi connectivity index (χ2n) is 3.82. The molecular weight excluding hydrogens is 244 g/mol. The van der Waals surface area contributed by atoms with Gasteiger partial charge < -0.3 is 15.5 Å². The number of aliphatic hydroxyl groups is 1. The van der Waals surface area contributed by atoms with Crippen molar-refractivity contribution in [3.8, 4) is 0 Å². The number of rotatable bonds is 6. The minimum Gasteiger partial charge on any atom is -0.478 e. The zero-order valence-electron chi connectivity index (χ0n) is 9.48. The highest BCUT2D eigenvalue weighted by Gasteiger charge is 2.13. The predicted molar refractivity (Wildman–Crippen MR) is 65.6 cm³/mol. The van der Waals surface area contributed by atoms with Crippen LogP contribution in [-0.2, 0) is 0 Å². The highest BCUT2D eigenvalue weighted by molar-refractivity contribution is 6.35. The molecule has 6 heteroatoms. The van der Waals surface area contributed by atoms with Gasteiger partial charge in [0.25, 0.3) is 0 Å². The molecule has 0 saturated carbocycles. The number of pyridine rings is 1. The molecule has 1 rings (SSSR count). The molecule has 17 heavy (non-hydrogen) atoms. The second kappa shape index (κ2) is 6.42. The number of anilines is 1. The highest BCUT2D eigenvalue weighted by atomic mass is 35.5. The maximum atomic E-state index is 10.8. The number of nitrogens with zero attached hydrogens (tertiary/aromatic N) is 1. The van der Waals surface area contributed by atoms with Gasteiger partial charge in [-0.1, -0.05) is 18.5 Å². The van der Waals surface area contributed by atoms with Crippen LogP contribution in [0.15, 0.2) is 12.3 Å². The maximum Gasteiger partial charge on any atom is 0.337 e. The summed E-state index contributed by atoms with van der Waals surface area (Å²) in [5.74, 6) is -0.466. The van der Waals surface area contributed by atoms with Crippen LogP contribution in [0.3, 0.4) is 0 Å². The van der Waals surface area contributed by atoms with E-state index >= 15 is 0 Å². The molecule has 1 heterocycles. The number of hydrogen-bond acceptors (Lipinski definition) is 4. The molecule has 0 aliphatic carbocycles. The van der Waals surface area contributed by atoms with Crippen LogP contribution < -0.4 is 5.32 Å². The van der Waals surface area contributed by atoms with E-state index in [1.54, 1.807) is 0 Å². The first-order chi connectivity index (χ1) is 8.06. The van der Waals surface area contributed by atoms with Crippen molar-refractivity contribution in [1.82, 2.24) is 4.98 Å². The fourth-order valence-corrected chi connectivity index (χ4v) is 1.58. The number of nitrogens with one attached hydrogen (secondary N) is 1. The Morgan fingerprint density at radius 2 is 2.35 bits per heavy atom. The Balaban J connectivity index is 2.72. The molecule has 1 atom stereocenters. The molecule has 0 aliphatic rings. The van der Waals surface area contributed by atoms with Crippen LogP contribution in [0.5, 0.6) is 0 Å². The molecule has 0 spiro atoms. The lowest BCUT2D eigenvalue weighted by molar-refractivity contribution is 0.0697. The van der Waals surface area contributed by atoms with Crippen LogP contribution in [0, 0.1) is 5.92 Å². The third kappa shape index (κ3) is 3.87. The molecule has 1 aromatic heterocycles. The van der Waals surface area contributed by atoms with Crippen molar-refractivity contribution in [3.05, 3.63) is 22.8 Å². The topological polar surface area (TPSA) is 82.5 Å². The van der Waals surface area contributed by atoms with Crippen molar-refractivity contribution >= 4 is 23.4 Å². The molecule has 0 fully saturated rings. The third-order valence-corrected chi connectivity index (χ3v) is 2.74. The Kier molecular flexibility index (Phi) is 5.18. The summed E-state index contributed by atoms with van der Waals surface area (Å²) in [6, 6.07) is 1.35. The maximum absolute atomic E-state index is 10.8. The van der Waals surface area contributed by atoms with Gasteiger partial charge in [-0.2, -0.15) is 0 Å². The smallest absolute Gasteiger partial charge is 0.337 e. The molecule has 0 radical (unpaired) electrons. The Morgan fingerprint density at radius 1 is 1.65 bits per heavy atom. The van der Waals surface area contributed by atoms with Crippen molar-refractivity contribution in [2.45, 2.75) is 13.3 Å². The van der Waals surface area contributed by atoms with E-state index in [9.17, 15) is 4.79 Å². The Bertz CT molecular complexity index is 398. The van der Waals surface area contributed by atoms with E-state index < -0.39 is 5.97 Å². The molecule has 1 unspecified atom stereocenters. The van der Waals surface area contributed by atoms with Gasteiger partial charge in [0.2, 0.25) is 0 Å². The average Bonchev–Trinajstić information content (AvgIpc) is 2.27. The number of carboxylic acids is 1. The summed E-state index contributed by atoms with van der Waals surface area (Å²) in [6.45, 7) is 2.67. The normalized spacial score (nSPS) is 12.2. The minimum absolute atomic E-state index is 0.0268. The van der Waals surface area contributed by atoms with Gasteiger partial charge in [0, 0.05) is 19.3 Å². The molecule has 0 bridgehead atoms. The van der Waals surface area contributed by atoms with E-state index in [0.717, 1.165) is 0 Å². The lowest BCUT2D eigenvalue weighted by Crippen LogP contribution is -2.14. The van der Waals surface area contributed by atoms with Crippen LogP contribution in [0.4, 0.5) is 5.82 Å². The van der Waals surface area contributed by atoms with Crippen LogP contribution in [0.2, 0.25) is 5.02 Å². The Labute approximate surface area is 104 Å². The zero-order valence-corrected chi connectivity index (χ0v) is 10.2. The first kappa shape index (κ1) is 13.7. The summed E-state index contributed by atoms with van der Waals surface area (Å²) in [5.41, 5.74) is 0.0268. The number of halogens is 1. The summed E-state index contributed by atoms with van der Waals surface area (Å²) in [6.07, 6.45) is 2.07. The molecule has 0 amide bonds. The molecule has 0 saturated heterocycles. The third-order valence-electron chi connectivity index (χ3n) is 2.36. The molecule has 0 aliphatic heterocycles. The van der Waals surface area contributed by atoms with Gasteiger partial charge in [-0.05, 0) is 18.4 Å². The molecule has 0 aromatic carbocycles. The number of hydrogen-bond donors (Lipinski definition) is 3. The van der Waals surface area contributed by atoms with Crippen molar-refractivity contribution in [3.63, 3.8) is 0 Å². The molecule has 94 valence electrons. The largest absolute Gasteiger partial charge is 0.478 e. The number of carbonyl (C=O) groups is 1. The molecule has 5 nitrogen and oxygen atoms in total. The minimum atomic E-state index is -1.08. The summed E-state index contributed by atoms with van der Waals surface area (Å²) < 4.78 is 0. The zero-order chi connectivity index (χ0) is 12.8. The van der Waals surface area contributed by atoms with Crippen LogP contribution in [0.25, 0.3) is 0 Å². The Morgan fingerprint density at radius 3 is 2.94 bits per heavy atom. The fraction of sp³-hybridized carbons (Fsp3) is 0.455. The van der Waals surface area contributed by atoms with Crippen molar-refractivity contribution in [2.75, 3.05) is 18.5 Å². The van der Waals surface area contributed by atoms with E-state index in [1.165, 1.54) is 12.3 Å². The lowest BCUT2D eigenvalue weighted by atomic mass is 10.1. The first-order valence-corrected chi connectivity index (χ1v) is 5.66. The van der Waals surface area contributed by atoms with Gasteiger partial charge in [0.05, 0.1) is 10.6 Å². The monoisotopic (exact) mass is 258 g/mol. The van der Waals surface area contributed by atoms with Crippen LogP contribution >= 0.6 is 11.6 Å². The van der Waals surface area contributed by atoms with E-state index in [-0.39, 0.29) is 23.1 Å². The van der Waals surface area contributed by atoms with Gasteiger partial charge in [-0.3, -0.25) is 0 Å².